The molecule has 0 atom stereocenters. The molecule has 2 amide bonds. The summed E-state index contributed by atoms with van der Waals surface area (Å²) < 4.78 is 0. The van der Waals surface area contributed by atoms with E-state index in [-0.39, 0.29) is 11.8 Å². The van der Waals surface area contributed by atoms with Crippen LogP contribution in [0.3, 0.4) is 0 Å². The molecule has 2 rings (SSSR count). The first-order valence-corrected chi connectivity index (χ1v) is 9.01. The molecule has 4 nitrogen and oxygen atoms in total. The number of rotatable bonds is 3. The number of hydrogen-bond donors (Lipinski definition) is 0. The fourth-order valence-electron chi connectivity index (χ4n) is 2.71. The lowest BCUT2D eigenvalue weighted by molar-refractivity contribution is -0.0410. The molecule has 0 saturated heterocycles. The van der Waals surface area contributed by atoms with Crippen LogP contribution < -0.4 is 0 Å². The van der Waals surface area contributed by atoms with Gasteiger partial charge >= 0.3 is 0 Å². The lowest BCUT2D eigenvalue weighted by Crippen LogP contribution is -2.58. The van der Waals surface area contributed by atoms with Gasteiger partial charge in [0.25, 0.3) is 11.8 Å². The first kappa shape index (κ1) is 20.0. The topological polar surface area (TPSA) is 40.6 Å². The Bertz CT molecular complexity index is 777. The van der Waals surface area contributed by atoms with Gasteiger partial charge in [0.1, 0.15) is 0 Å². The summed E-state index contributed by atoms with van der Waals surface area (Å²) >= 11 is 5.92. The van der Waals surface area contributed by atoms with Gasteiger partial charge in [-0.15, -0.1) is 0 Å². The highest BCUT2D eigenvalue weighted by molar-refractivity contribution is 6.30. The third kappa shape index (κ3) is 4.44. The van der Waals surface area contributed by atoms with Crippen LogP contribution in [-0.2, 0) is 0 Å². The number of benzene rings is 2. The van der Waals surface area contributed by atoms with Gasteiger partial charge in [-0.05, 0) is 71.0 Å². The van der Waals surface area contributed by atoms with E-state index in [1.165, 1.54) is 10.0 Å². The summed E-state index contributed by atoms with van der Waals surface area (Å²) in [6.07, 6.45) is 0. The van der Waals surface area contributed by atoms with E-state index in [0.29, 0.717) is 22.7 Å². The Balaban J connectivity index is 2.43. The highest BCUT2D eigenvalue weighted by Crippen LogP contribution is 2.23. The van der Waals surface area contributed by atoms with E-state index in [2.05, 4.69) is 0 Å². The minimum Gasteiger partial charge on any atom is -0.267 e. The molecular formula is C21H25ClN2O2. The predicted molar refractivity (Wildman–Crippen MR) is 105 cm³/mol. The van der Waals surface area contributed by atoms with Crippen molar-refractivity contribution in [1.82, 2.24) is 10.0 Å². The van der Waals surface area contributed by atoms with Crippen LogP contribution in [-0.4, -0.2) is 33.9 Å². The zero-order valence-electron chi connectivity index (χ0n) is 15.9. The molecule has 26 heavy (non-hydrogen) atoms. The number of aryl methyl sites for hydroxylation is 1. The fraction of sp³-hybridized carbons (Fsp3) is 0.333. The highest BCUT2D eigenvalue weighted by Gasteiger charge is 2.35. The summed E-state index contributed by atoms with van der Waals surface area (Å²) in [6, 6.07) is 14.1. The van der Waals surface area contributed by atoms with Gasteiger partial charge in [0.2, 0.25) is 0 Å². The molecule has 0 bridgehead atoms. The largest absolute Gasteiger partial charge is 0.272 e. The van der Waals surface area contributed by atoms with Crippen molar-refractivity contribution in [3.05, 3.63) is 70.2 Å². The minimum absolute atomic E-state index is 0.207. The SMILES string of the molecule is CCN(C(=O)c1ccc(Cl)cc1)N(C(=O)c1ccc(C)cc1)C(C)(C)C. The molecule has 0 spiro atoms. The summed E-state index contributed by atoms with van der Waals surface area (Å²) in [5.41, 5.74) is 1.55. The Morgan fingerprint density at radius 1 is 0.885 bits per heavy atom. The van der Waals surface area contributed by atoms with Gasteiger partial charge in [-0.3, -0.25) is 9.59 Å². The van der Waals surface area contributed by atoms with Crippen LogP contribution in [0, 0.1) is 6.92 Å². The smallest absolute Gasteiger partial charge is 0.267 e. The molecule has 0 aliphatic carbocycles. The van der Waals surface area contributed by atoms with Crippen LogP contribution in [0.1, 0.15) is 54.0 Å². The lowest BCUT2D eigenvalue weighted by atomic mass is 10.0. The Morgan fingerprint density at radius 2 is 1.35 bits per heavy atom. The normalized spacial score (nSPS) is 11.2. The molecule has 0 aromatic heterocycles. The molecule has 2 aromatic rings. The molecule has 0 heterocycles. The second kappa shape index (κ2) is 7.92. The molecule has 0 aliphatic rings. The van der Waals surface area contributed by atoms with E-state index in [0.717, 1.165) is 5.56 Å². The summed E-state index contributed by atoms with van der Waals surface area (Å²) in [5, 5.41) is 3.59. The van der Waals surface area contributed by atoms with Crippen molar-refractivity contribution < 1.29 is 9.59 Å². The summed E-state index contributed by atoms with van der Waals surface area (Å²) in [4.78, 5) is 26.3. The zero-order valence-corrected chi connectivity index (χ0v) is 16.7. The Kier molecular flexibility index (Phi) is 6.09. The number of carbonyl (C=O) groups is 2. The van der Waals surface area contributed by atoms with Crippen molar-refractivity contribution in [2.24, 2.45) is 0 Å². The molecule has 2 aromatic carbocycles. The average Bonchev–Trinajstić information content (AvgIpc) is 2.58. The number of amides is 2. The molecule has 0 radical (unpaired) electrons. The van der Waals surface area contributed by atoms with Crippen LogP contribution in [0.5, 0.6) is 0 Å². The van der Waals surface area contributed by atoms with Crippen LogP contribution in [0.15, 0.2) is 48.5 Å². The molecule has 0 saturated carbocycles. The van der Waals surface area contributed by atoms with E-state index in [1.54, 1.807) is 36.4 Å². The van der Waals surface area contributed by atoms with Gasteiger partial charge in [0.05, 0.1) is 5.54 Å². The van der Waals surface area contributed by atoms with Gasteiger partial charge in [0.15, 0.2) is 0 Å². The highest BCUT2D eigenvalue weighted by atomic mass is 35.5. The molecule has 138 valence electrons. The number of halogens is 1. The molecule has 0 fully saturated rings. The van der Waals surface area contributed by atoms with E-state index in [9.17, 15) is 9.59 Å². The van der Waals surface area contributed by atoms with Crippen molar-refractivity contribution in [1.29, 1.82) is 0 Å². The van der Waals surface area contributed by atoms with Crippen molar-refractivity contribution in [3.8, 4) is 0 Å². The maximum atomic E-state index is 13.2. The lowest BCUT2D eigenvalue weighted by Gasteiger charge is -2.43. The Morgan fingerprint density at radius 3 is 1.81 bits per heavy atom. The molecular weight excluding hydrogens is 348 g/mol. The second-order valence-electron chi connectivity index (χ2n) is 7.18. The first-order chi connectivity index (χ1) is 12.1. The van der Waals surface area contributed by atoms with Crippen molar-refractivity contribution in [2.75, 3.05) is 6.54 Å². The summed E-state index contributed by atoms with van der Waals surface area (Å²) in [5.74, 6) is -0.443. The molecule has 0 N–H and O–H groups in total. The first-order valence-electron chi connectivity index (χ1n) is 8.63. The van der Waals surface area contributed by atoms with Gasteiger partial charge in [-0.1, -0.05) is 29.3 Å². The van der Waals surface area contributed by atoms with E-state index < -0.39 is 5.54 Å². The van der Waals surface area contributed by atoms with Crippen LogP contribution in [0.2, 0.25) is 5.02 Å². The van der Waals surface area contributed by atoms with Gasteiger partial charge in [-0.2, -0.15) is 0 Å². The van der Waals surface area contributed by atoms with Crippen molar-refractivity contribution in [3.63, 3.8) is 0 Å². The van der Waals surface area contributed by atoms with Crippen molar-refractivity contribution in [2.45, 2.75) is 40.2 Å². The average molecular weight is 373 g/mol. The summed E-state index contributed by atoms with van der Waals surface area (Å²) in [7, 11) is 0. The maximum absolute atomic E-state index is 13.2. The van der Waals surface area contributed by atoms with Gasteiger partial charge in [-0.25, -0.2) is 10.0 Å². The molecule has 0 aliphatic heterocycles. The molecule has 5 heteroatoms. The minimum atomic E-state index is -0.569. The van der Waals surface area contributed by atoms with Crippen LogP contribution in [0.4, 0.5) is 0 Å². The Labute approximate surface area is 160 Å². The van der Waals surface area contributed by atoms with Crippen molar-refractivity contribution >= 4 is 23.4 Å². The monoisotopic (exact) mass is 372 g/mol. The third-order valence-electron chi connectivity index (χ3n) is 3.99. The van der Waals surface area contributed by atoms with Crippen LogP contribution in [0.25, 0.3) is 0 Å². The standard InChI is InChI=1S/C21H25ClN2O2/c1-6-23(19(25)16-11-13-18(22)14-12-16)24(21(3,4)5)20(26)17-9-7-15(2)8-10-17/h7-14H,6H2,1-5H3. The molecule has 0 unspecified atom stereocenters. The summed E-state index contributed by atoms with van der Waals surface area (Å²) in [6.45, 7) is 9.94. The van der Waals surface area contributed by atoms with E-state index in [1.807, 2.05) is 46.8 Å². The van der Waals surface area contributed by atoms with E-state index >= 15 is 0 Å². The Hall–Kier alpha value is -2.33. The van der Waals surface area contributed by atoms with Crippen LogP contribution >= 0.6 is 11.6 Å². The fourth-order valence-corrected chi connectivity index (χ4v) is 2.84. The van der Waals surface area contributed by atoms with E-state index in [4.69, 9.17) is 11.6 Å². The number of hydrogen-bond acceptors (Lipinski definition) is 2. The van der Waals surface area contributed by atoms with Gasteiger partial charge in [0, 0.05) is 22.7 Å². The number of nitrogens with zero attached hydrogens (tertiary/aromatic N) is 2. The zero-order chi connectivity index (χ0) is 19.5. The quantitative estimate of drug-likeness (QED) is 0.714. The number of carbonyl (C=O) groups excluding carboxylic acids is 2. The van der Waals surface area contributed by atoms with Gasteiger partial charge < -0.3 is 0 Å². The second-order valence-corrected chi connectivity index (χ2v) is 7.62. The maximum Gasteiger partial charge on any atom is 0.272 e. The number of hydrazine groups is 1. The predicted octanol–water partition coefficient (Wildman–Crippen LogP) is 4.97. The third-order valence-corrected chi connectivity index (χ3v) is 4.24.